The van der Waals surface area contributed by atoms with Crippen LogP contribution in [0.5, 0.6) is 11.5 Å². The molecule has 0 spiro atoms. The summed E-state index contributed by atoms with van der Waals surface area (Å²) in [5.74, 6) is 1.50. The maximum Gasteiger partial charge on any atom is 0.231 e. The van der Waals surface area contributed by atoms with Crippen molar-refractivity contribution < 1.29 is 19.0 Å². The summed E-state index contributed by atoms with van der Waals surface area (Å²) in [5, 5.41) is 4.33. The number of rotatable bonds is 4. The Morgan fingerprint density at radius 1 is 1.28 bits per heavy atom. The number of nitrogens with zero attached hydrogens (tertiary/aromatic N) is 3. The van der Waals surface area contributed by atoms with E-state index in [2.05, 4.69) is 5.10 Å². The minimum Gasteiger partial charge on any atom is -0.454 e. The third-order valence-corrected chi connectivity index (χ3v) is 4.51. The fourth-order valence-electron chi connectivity index (χ4n) is 3.28. The topological polar surface area (TPSA) is 65.8 Å². The lowest BCUT2D eigenvalue weighted by atomic mass is 10.1. The van der Waals surface area contributed by atoms with Crippen molar-refractivity contribution in [3.05, 3.63) is 41.7 Å². The Labute approximate surface area is 146 Å². The number of fused-ring (bicyclic) bond motifs is 2. The van der Waals surface area contributed by atoms with Crippen LogP contribution < -0.4 is 9.47 Å². The second-order valence-corrected chi connectivity index (χ2v) is 6.22. The second kappa shape index (κ2) is 6.76. The summed E-state index contributed by atoms with van der Waals surface area (Å²) in [7, 11) is 0. The van der Waals surface area contributed by atoms with Gasteiger partial charge in [-0.2, -0.15) is 5.10 Å². The molecule has 0 bridgehead atoms. The smallest absolute Gasteiger partial charge is 0.231 e. The number of hydrogen-bond acceptors (Lipinski definition) is 5. The molecular weight excluding hydrogens is 322 g/mol. The molecule has 1 aromatic carbocycles. The van der Waals surface area contributed by atoms with Crippen molar-refractivity contribution in [2.75, 3.05) is 19.9 Å². The molecule has 132 valence electrons. The Balaban J connectivity index is 1.50. The molecule has 7 nitrogen and oxygen atoms in total. The van der Waals surface area contributed by atoms with Gasteiger partial charge in [-0.05, 0) is 30.7 Å². The monoisotopic (exact) mass is 343 g/mol. The molecule has 0 N–H and O–H groups in total. The van der Waals surface area contributed by atoms with Gasteiger partial charge in [-0.25, -0.2) is 0 Å². The largest absolute Gasteiger partial charge is 0.454 e. The third kappa shape index (κ3) is 3.32. The number of amides is 1. The molecule has 2 aliphatic rings. The van der Waals surface area contributed by atoms with Crippen LogP contribution in [0.15, 0.2) is 30.5 Å². The highest BCUT2D eigenvalue weighted by Crippen LogP contribution is 2.32. The van der Waals surface area contributed by atoms with Crippen molar-refractivity contribution >= 4 is 5.91 Å². The maximum absolute atomic E-state index is 12.9. The van der Waals surface area contributed by atoms with Crippen LogP contribution in [-0.4, -0.2) is 46.6 Å². The maximum atomic E-state index is 12.9. The number of ether oxygens (including phenoxy) is 3. The molecule has 0 radical (unpaired) electrons. The van der Waals surface area contributed by atoms with Crippen molar-refractivity contribution in [2.24, 2.45) is 0 Å². The van der Waals surface area contributed by atoms with E-state index in [0.29, 0.717) is 38.4 Å². The van der Waals surface area contributed by atoms with Crippen LogP contribution in [0.4, 0.5) is 0 Å². The molecule has 3 heterocycles. The molecule has 2 aromatic rings. The zero-order valence-corrected chi connectivity index (χ0v) is 14.2. The van der Waals surface area contributed by atoms with Gasteiger partial charge in [-0.15, -0.1) is 0 Å². The van der Waals surface area contributed by atoms with Crippen LogP contribution in [0.2, 0.25) is 0 Å². The molecule has 7 heteroatoms. The minimum absolute atomic E-state index is 0.0492. The van der Waals surface area contributed by atoms with Gasteiger partial charge >= 0.3 is 0 Å². The first kappa shape index (κ1) is 16.0. The van der Waals surface area contributed by atoms with E-state index < -0.39 is 0 Å². The van der Waals surface area contributed by atoms with Gasteiger partial charge in [0.2, 0.25) is 12.7 Å². The van der Waals surface area contributed by atoms with Gasteiger partial charge in [0.05, 0.1) is 31.3 Å². The van der Waals surface area contributed by atoms with Crippen molar-refractivity contribution in [1.29, 1.82) is 0 Å². The molecule has 0 fully saturated rings. The number of carbonyl (C=O) groups is 1. The molecule has 0 saturated carbocycles. The van der Waals surface area contributed by atoms with Crippen LogP contribution in [0.1, 0.15) is 18.2 Å². The number of hydrogen-bond donors (Lipinski definition) is 0. The molecule has 1 atom stereocenters. The fraction of sp³-hybridized carbons (Fsp3) is 0.444. The van der Waals surface area contributed by atoms with Crippen LogP contribution in [0.25, 0.3) is 0 Å². The number of aromatic nitrogens is 2. The molecule has 0 unspecified atom stereocenters. The Bertz CT molecular complexity index is 773. The summed E-state index contributed by atoms with van der Waals surface area (Å²) < 4.78 is 18.4. The predicted octanol–water partition coefficient (Wildman–Crippen LogP) is 1.60. The lowest BCUT2D eigenvalue weighted by Gasteiger charge is -2.24. The van der Waals surface area contributed by atoms with Gasteiger partial charge in [0, 0.05) is 19.3 Å². The van der Waals surface area contributed by atoms with E-state index >= 15 is 0 Å². The van der Waals surface area contributed by atoms with Crippen molar-refractivity contribution in [3.63, 3.8) is 0 Å². The van der Waals surface area contributed by atoms with Crippen LogP contribution >= 0.6 is 0 Å². The third-order valence-electron chi connectivity index (χ3n) is 4.51. The lowest BCUT2D eigenvalue weighted by Crippen LogP contribution is -2.38. The molecular formula is C18H21N3O4. The van der Waals surface area contributed by atoms with E-state index in [-0.39, 0.29) is 18.8 Å². The van der Waals surface area contributed by atoms with Gasteiger partial charge in [0.25, 0.3) is 0 Å². The minimum atomic E-state index is -0.0492. The standard InChI is InChI=1S/C18H21N3O4/c1-2-23-15-10-20(9-14-5-6-19-21(14)11-15)18(22)8-13-3-4-16-17(7-13)25-12-24-16/h3-7,15H,2,8-12H2,1H3/t15-/m1/s1. The Morgan fingerprint density at radius 3 is 3.04 bits per heavy atom. The predicted molar refractivity (Wildman–Crippen MR) is 89.3 cm³/mol. The van der Waals surface area contributed by atoms with Crippen molar-refractivity contribution in [3.8, 4) is 11.5 Å². The van der Waals surface area contributed by atoms with Gasteiger partial charge in [-0.1, -0.05) is 6.07 Å². The summed E-state index contributed by atoms with van der Waals surface area (Å²) >= 11 is 0. The Morgan fingerprint density at radius 2 is 2.16 bits per heavy atom. The molecule has 4 rings (SSSR count). The van der Waals surface area contributed by atoms with Gasteiger partial charge in [-0.3, -0.25) is 9.48 Å². The number of benzene rings is 1. The molecule has 2 aliphatic heterocycles. The molecule has 0 saturated heterocycles. The van der Waals surface area contributed by atoms with Gasteiger partial charge in [0.1, 0.15) is 0 Å². The zero-order valence-electron chi connectivity index (χ0n) is 14.2. The van der Waals surface area contributed by atoms with Gasteiger partial charge < -0.3 is 19.1 Å². The van der Waals surface area contributed by atoms with Gasteiger partial charge in [0.15, 0.2) is 11.5 Å². The Kier molecular flexibility index (Phi) is 4.31. The average molecular weight is 343 g/mol. The van der Waals surface area contributed by atoms with E-state index in [1.165, 1.54) is 0 Å². The molecule has 1 aromatic heterocycles. The highest BCUT2D eigenvalue weighted by Gasteiger charge is 2.26. The SMILES string of the molecule is CCO[C@@H]1CN(C(=O)Cc2ccc3c(c2)OCO3)Cc2ccnn2C1. The van der Waals surface area contributed by atoms with Crippen molar-refractivity contribution in [2.45, 2.75) is 32.5 Å². The lowest BCUT2D eigenvalue weighted by molar-refractivity contribution is -0.133. The normalized spacial score (nSPS) is 18.8. The van der Waals surface area contributed by atoms with Crippen LogP contribution in [0, 0.1) is 0 Å². The van der Waals surface area contributed by atoms with E-state index in [9.17, 15) is 4.79 Å². The molecule has 25 heavy (non-hydrogen) atoms. The first-order chi connectivity index (χ1) is 12.2. The van der Waals surface area contributed by atoms with Crippen LogP contribution in [0.3, 0.4) is 0 Å². The second-order valence-electron chi connectivity index (χ2n) is 6.22. The van der Waals surface area contributed by atoms with Crippen LogP contribution in [-0.2, 0) is 29.0 Å². The quantitative estimate of drug-likeness (QED) is 0.844. The first-order valence-electron chi connectivity index (χ1n) is 8.51. The summed E-state index contributed by atoms with van der Waals surface area (Å²) in [5.41, 5.74) is 1.95. The van der Waals surface area contributed by atoms with E-state index in [1.54, 1.807) is 6.20 Å². The number of carbonyl (C=O) groups excluding carboxylic acids is 1. The van der Waals surface area contributed by atoms with E-state index in [0.717, 1.165) is 17.0 Å². The molecule has 1 amide bonds. The highest BCUT2D eigenvalue weighted by molar-refractivity contribution is 5.79. The summed E-state index contributed by atoms with van der Waals surface area (Å²) in [6.07, 6.45) is 2.04. The summed E-state index contributed by atoms with van der Waals surface area (Å²) in [6, 6.07) is 7.59. The van der Waals surface area contributed by atoms with E-state index in [4.69, 9.17) is 14.2 Å². The van der Waals surface area contributed by atoms with E-state index in [1.807, 2.05) is 40.8 Å². The summed E-state index contributed by atoms with van der Waals surface area (Å²) in [4.78, 5) is 14.7. The highest BCUT2D eigenvalue weighted by atomic mass is 16.7. The average Bonchev–Trinajstić information content (AvgIpc) is 3.20. The fourth-order valence-corrected chi connectivity index (χ4v) is 3.28. The first-order valence-corrected chi connectivity index (χ1v) is 8.51. The zero-order chi connectivity index (χ0) is 17.2. The summed E-state index contributed by atoms with van der Waals surface area (Å²) in [6.45, 7) is 4.61. The Hall–Kier alpha value is -2.54. The molecule has 0 aliphatic carbocycles. The van der Waals surface area contributed by atoms with Crippen molar-refractivity contribution in [1.82, 2.24) is 14.7 Å².